The molecule has 46 heavy (non-hydrogen) atoms. The summed E-state index contributed by atoms with van der Waals surface area (Å²) in [6.45, 7) is -0.930. The smallest absolute Gasteiger partial charge is 0.333 e. The summed E-state index contributed by atoms with van der Waals surface area (Å²) in [4.78, 5) is 17.8. The van der Waals surface area contributed by atoms with E-state index >= 15 is 4.39 Å². The summed E-state index contributed by atoms with van der Waals surface area (Å²) in [5.74, 6) is -2.41. The summed E-state index contributed by atoms with van der Waals surface area (Å²) < 4.78 is 62.7. The molecule has 0 aliphatic rings. The van der Waals surface area contributed by atoms with Crippen molar-refractivity contribution in [2.24, 2.45) is 0 Å². The largest absolute Gasteiger partial charge is 0.494 e. The highest BCUT2D eigenvalue weighted by Gasteiger charge is 2.38. The molecule has 14 heteroatoms. The van der Waals surface area contributed by atoms with Gasteiger partial charge < -0.3 is 20.3 Å². The Morgan fingerprint density at radius 2 is 1.78 bits per heavy atom. The summed E-state index contributed by atoms with van der Waals surface area (Å²) in [7, 11) is 1.28. The lowest BCUT2D eigenvalue weighted by atomic mass is 9.86. The number of carbonyl (C=O) groups excluding carboxylic acids is 1. The van der Waals surface area contributed by atoms with Crippen LogP contribution in [-0.4, -0.2) is 44.5 Å². The summed E-state index contributed by atoms with van der Waals surface area (Å²) in [5, 5.41) is 29.8. The predicted molar refractivity (Wildman–Crippen MR) is 164 cm³/mol. The van der Waals surface area contributed by atoms with Crippen LogP contribution in [0.4, 0.5) is 17.6 Å². The standard InChI is InChI=1S/C32H26Cl2F4N4O4/c1-31(2,44)21-13-24(40-28(26(21)36)20-8-5-9-22(33)25(20)34)32(45,18-6-4-7-19(35)12-18)15-39-29(43)16-10-17-14-42(30(37)38)41-27(17)23(11-16)46-3/h4-14,30,44-45H,15H2,1-3H3,(H,39,43)/t32-/m1/s1. The van der Waals surface area contributed by atoms with Gasteiger partial charge in [-0.15, -0.1) is 0 Å². The number of nitrogens with zero attached hydrogens (tertiary/aromatic N) is 3. The van der Waals surface area contributed by atoms with Crippen LogP contribution in [0.1, 0.15) is 47.6 Å². The monoisotopic (exact) mass is 676 g/mol. The fourth-order valence-corrected chi connectivity index (χ4v) is 5.35. The van der Waals surface area contributed by atoms with Gasteiger partial charge in [0.2, 0.25) is 0 Å². The maximum atomic E-state index is 16.0. The van der Waals surface area contributed by atoms with Gasteiger partial charge in [-0.1, -0.05) is 47.5 Å². The highest BCUT2D eigenvalue weighted by Crippen LogP contribution is 2.40. The van der Waals surface area contributed by atoms with E-state index in [1.54, 1.807) is 0 Å². The van der Waals surface area contributed by atoms with Gasteiger partial charge in [0.25, 0.3) is 5.91 Å². The van der Waals surface area contributed by atoms with Crippen LogP contribution in [0.25, 0.3) is 22.2 Å². The van der Waals surface area contributed by atoms with E-state index in [2.05, 4.69) is 15.4 Å². The van der Waals surface area contributed by atoms with Crippen molar-refractivity contribution in [3.05, 3.63) is 111 Å². The molecule has 0 radical (unpaired) electrons. The lowest BCUT2D eigenvalue weighted by Gasteiger charge is -2.31. The molecule has 0 unspecified atom stereocenters. The van der Waals surface area contributed by atoms with Crippen LogP contribution in [0, 0.1) is 11.6 Å². The topological polar surface area (TPSA) is 110 Å². The molecule has 8 nitrogen and oxygen atoms in total. The van der Waals surface area contributed by atoms with Gasteiger partial charge >= 0.3 is 6.55 Å². The molecule has 3 N–H and O–H groups in total. The number of nitrogens with one attached hydrogen (secondary N) is 1. The van der Waals surface area contributed by atoms with Crippen LogP contribution < -0.4 is 10.1 Å². The number of hydrogen-bond acceptors (Lipinski definition) is 6. The van der Waals surface area contributed by atoms with Gasteiger partial charge in [0.15, 0.2) is 5.82 Å². The van der Waals surface area contributed by atoms with Crippen LogP contribution in [0.5, 0.6) is 5.75 Å². The zero-order valence-corrected chi connectivity index (χ0v) is 26.0. The SMILES string of the molecule is COc1cc(C(=O)NC[C@@](O)(c2cccc(F)c2)c2cc(C(C)(C)O)c(F)c(-c3cccc(Cl)c3Cl)n2)cc2cn(C(F)F)nc12. The first-order valence-electron chi connectivity index (χ1n) is 13.6. The van der Waals surface area contributed by atoms with Gasteiger partial charge in [0.1, 0.15) is 28.4 Å². The zero-order chi connectivity index (χ0) is 33.6. The summed E-state index contributed by atoms with van der Waals surface area (Å²) in [6, 6.07) is 13.0. The maximum absolute atomic E-state index is 16.0. The highest BCUT2D eigenvalue weighted by atomic mass is 35.5. The van der Waals surface area contributed by atoms with Crippen LogP contribution >= 0.6 is 23.2 Å². The Bertz CT molecular complexity index is 1970. The minimum absolute atomic E-state index is 0.0320. The average molecular weight is 677 g/mol. The predicted octanol–water partition coefficient (Wildman–Crippen LogP) is 6.98. The van der Waals surface area contributed by atoms with Gasteiger partial charge in [0.05, 0.1) is 35.0 Å². The molecule has 2 heterocycles. The number of halogens is 6. The number of pyridine rings is 1. The first kappa shape index (κ1) is 33.1. The van der Waals surface area contributed by atoms with Crippen LogP contribution in [0.2, 0.25) is 10.0 Å². The van der Waals surface area contributed by atoms with Gasteiger partial charge in [-0.2, -0.15) is 13.9 Å². The van der Waals surface area contributed by atoms with Crippen molar-refractivity contribution < 1.29 is 37.3 Å². The molecule has 0 fully saturated rings. The molecule has 240 valence electrons. The minimum Gasteiger partial charge on any atom is -0.494 e. The number of benzene rings is 3. The third-order valence-corrected chi connectivity index (χ3v) is 8.15. The van der Waals surface area contributed by atoms with E-state index in [1.807, 2.05) is 0 Å². The molecular formula is C32H26Cl2F4N4O4. The number of methoxy groups -OCH3 is 1. The second-order valence-corrected chi connectivity index (χ2v) is 11.7. The molecule has 0 bridgehead atoms. The fourth-order valence-electron chi connectivity index (χ4n) is 4.96. The number of aromatic nitrogens is 3. The van der Waals surface area contributed by atoms with Crippen LogP contribution in [0.15, 0.2) is 66.9 Å². The number of hydrogen-bond donors (Lipinski definition) is 3. The van der Waals surface area contributed by atoms with E-state index in [0.29, 0.717) is 4.68 Å². The van der Waals surface area contributed by atoms with E-state index in [0.717, 1.165) is 24.4 Å². The molecule has 0 aliphatic heterocycles. The summed E-state index contributed by atoms with van der Waals surface area (Å²) in [6.07, 6.45) is 1.05. The molecular weight excluding hydrogens is 651 g/mol. The number of carbonyl (C=O) groups is 1. The Morgan fingerprint density at radius 1 is 1.07 bits per heavy atom. The number of rotatable bonds is 9. The number of aliphatic hydroxyl groups is 2. The van der Waals surface area contributed by atoms with Crippen molar-refractivity contribution in [3.63, 3.8) is 0 Å². The zero-order valence-electron chi connectivity index (χ0n) is 24.5. The van der Waals surface area contributed by atoms with E-state index in [-0.39, 0.29) is 60.3 Å². The lowest BCUT2D eigenvalue weighted by Crippen LogP contribution is -2.43. The summed E-state index contributed by atoms with van der Waals surface area (Å²) in [5.41, 5.74) is -4.99. The Hall–Kier alpha value is -4.23. The van der Waals surface area contributed by atoms with Crippen molar-refractivity contribution >= 4 is 40.0 Å². The molecule has 5 rings (SSSR count). The number of ether oxygens (including phenoxy) is 1. The first-order valence-corrected chi connectivity index (χ1v) is 14.4. The Labute approximate surface area is 270 Å². The molecule has 5 aromatic rings. The third kappa shape index (κ3) is 6.25. The normalized spacial score (nSPS) is 13.2. The van der Waals surface area contributed by atoms with Crippen molar-refractivity contribution in [2.75, 3.05) is 13.7 Å². The molecule has 1 atom stereocenters. The number of amides is 1. The quantitative estimate of drug-likeness (QED) is 0.145. The molecule has 0 saturated carbocycles. The molecule has 1 amide bonds. The Morgan fingerprint density at radius 3 is 2.43 bits per heavy atom. The van der Waals surface area contributed by atoms with E-state index in [9.17, 15) is 28.2 Å². The Balaban J connectivity index is 1.64. The molecule has 0 aliphatic carbocycles. The number of fused-ring (bicyclic) bond motifs is 1. The van der Waals surface area contributed by atoms with E-state index < -0.39 is 41.8 Å². The molecule has 2 aromatic heterocycles. The van der Waals surface area contributed by atoms with Gasteiger partial charge in [-0.05, 0) is 55.8 Å². The minimum atomic E-state index is -2.93. The van der Waals surface area contributed by atoms with Gasteiger partial charge in [-0.3, -0.25) is 4.79 Å². The number of alkyl halides is 2. The molecule has 0 spiro atoms. The average Bonchev–Trinajstić information content (AvgIpc) is 3.45. The molecule has 3 aromatic carbocycles. The maximum Gasteiger partial charge on any atom is 0.333 e. The van der Waals surface area contributed by atoms with Crippen LogP contribution in [-0.2, 0) is 11.2 Å². The van der Waals surface area contributed by atoms with Crippen LogP contribution in [0.3, 0.4) is 0 Å². The second-order valence-electron chi connectivity index (χ2n) is 10.9. The lowest BCUT2D eigenvalue weighted by molar-refractivity contribution is 0.0573. The second kappa shape index (κ2) is 12.5. The third-order valence-electron chi connectivity index (χ3n) is 7.33. The van der Waals surface area contributed by atoms with Crippen molar-refractivity contribution in [2.45, 2.75) is 31.6 Å². The van der Waals surface area contributed by atoms with Gasteiger partial charge in [0, 0.05) is 28.3 Å². The van der Waals surface area contributed by atoms with Crippen molar-refractivity contribution in [1.82, 2.24) is 20.1 Å². The van der Waals surface area contributed by atoms with E-state index in [4.69, 9.17) is 27.9 Å². The van der Waals surface area contributed by atoms with Crippen molar-refractivity contribution in [3.8, 4) is 17.0 Å². The van der Waals surface area contributed by atoms with Gasteiger partial charge in [-0.25, -0.2) is 18.4 Å². The first-order chi connectivity index (χ1) is 21.6. The Kier molecular flexibility index (Phi) is 9.02. The molecule has 0 saturated heterocycles. The summed E-state index contributed by atoms with van der Waals surface area (Å²) >= 11 is 12.6. The fraction of sp³-hybridized carbons (Fsp3) is 0.219. The van der Waals surface area contributed by atoms with Crippen molar-refractivity contribution in [1.29, 1.82) is 0 Å². The highest BCUT2D eigenvalue weighted by molar-refractivity contribution is 6.43. The van der Waals surface area contributed by atoms with E-state index in [1.165, 1.54) is 63.4 Å².